The van der Waals surface area contributed by atoms with Crippen molar-refractivity contribution >= 4 is 12.2 Å². The summed E-state index contributed by atoms with van der Waals surface area (Å²) in [6, 6.07) is 4.95. The Morgan fingerprint density at radius 3 is 2.86 bits per heavy atom. The molecule has 0 aromatic carbocycles. The van der Waals surface area contributed by atoms with Crippen molar-refractivity contribution in [3.05, 3.63) is 47.1 Å². The molecule has 0 saturated heterocycles. The van der Waals surface area contributed by atoms with Crippen LogP contribution in [0.1, 0.15) is 0 Å². The van der Waals surface area contributed by atoms with Crippen molar-refractivity contribution in [2.24, 2.45) is 0 Å². The van der Waals surface area contributed by atoms with Crippen molar-refractivity contribution in [2.75, 3.05) is 0 Å². The van der Waals surface area contributed by atoms with E-state index in [4.69, 9.17) is 12.2 Å². The van der Waals surface area contributed by atoms with Crippen LogP contribution < -0.4 is 0 Å². The Hall–Kier alpha value is -1.55. The number of H-pyrrole nitrogens is 1. The van der Waals surface area contributed by atoms with E-state index in [0.717, 1.165) is 5.69 Å². The maximum Gasteiger partial charge on any atom is 0.142 e. The number of halogens is 1. The number of aromatic amines is 1. The largest absolute Gasteiger partial charge is 0.361 e. The van der Waals surface area contributed by atoms with Gasteiger partial charge in [0.15, 0.2) is 0 Å². The van der Waals surface area contributed by atoms with Crippen LogP contribution in [0.2, 0.25) is 0 Å². The molecule has 2 nitrogen and oxygen atoms in total. The zero-order valence-corrected chi connectivity index (χ0v) is 8.01. The summed E-state index contributed by atoms with van der Waals surface area (Å²) in [4.78, 5) is 6.74. The predicted octanol–water partition coefficient (Wildman–Crippen LogP) is 2.95. The van der Waals surface area contributed by atoms with Gasteiger partial charge in [-0.05, 0) is 18.2 Å². The molecule has 2 aromatic rings. The molecule has 0 radical (unpaired) electrons. The molecule has 1 N–H and O–H groups in total. The molecule has 0 amide bonds. The van der Waals surface area contributed by atoms with E-state index in [1.807, 2.05) is 0 Å². The molecule has 0 fully saturated rings. The predicted molar refractivity (Wildman–Crippen MR) is 54.8 cm³/mol. The second kappa shape index (κ2) is 3.67. The highest BCUT2D eigenvalue weighted by Crippen LogP contribution is 2.15. The van der Waals surface area contributed by atoms with Crippen molar-refractivity contribution in [1.82, 2.24) is 9.97 Å². The molecule has 0 aliphatic heterocycles. The first-order chi connectivity index (χ1) is 6.75. The lowest BCUT2D eigenvalue weighted by atomic mass is 10.2. The van der Waals surface area contributed by atoms with Crippen LogP contribution in [0, 0.1) is 10.3 Å². The molecular weight excluding hydrogens is 199 g/mol. The van der Waals surface area contributed by atoms with Gasteiger partial charge in [0.2, 0.25) is 0 Å². The molecule has 4 heteroatoms. The highest BCUT2D eigenvalue weighted by atomic mass is 32.1. The van der Waals surface area contributed by atoms with Gasteiger partial charge in [-0.3, -0.25) is 4.98 Å². The first-order valence-electron chi connectivity index (χ1n) is 4.05. The summed E-state index contributed by atoms with van der Waals surface area (Å²) >= 11 is 5.00. The number of nitrogens with zero attached hydrogens (tertiary/aromatic N) is 1. The maximum absolute atomic E-state index is 12.9. The molecule has 0 saturated carbocycles. The summed E-state index contributed by atoms with van der Waals surface area (Å²) in [7, 11) is 0. The standard InChI is InChI=1S/C10H7FN2S/c11-8-3-7(5-12-6-8)10-4-9(14)1-2-13-10/h1-6H,(H,13,14). The van der Waals surface area contributed by atoms with E-state index in [9.17, 15) is 4.39 Å². The van der Waals surface area contributed by atoms with Gasteiger partial charge in [0.1, 0.15) is 5.82 Å². The monoisotopic (exact) mass is 206 g/mol. The summed E-state index contributed by atoms with van der Waals surface area (Å²) in [6.45, 7) is 0. The Kier molecular flexibility index (Phi) is 2.37. The van der Waals surface area contributed by atoms with Gasteiger partial charge in [0.25, 0.3) is 0 Å². The summed E-state index contributed by atoms with van der Waals surface area (Å²) < 4.78 is 13.6. The molecular formula is C10H7FN2S. The van der Waals surface area contributed by atoms with Gasteiger partial charge >= 0.3 is 0 Å². The van der Waals surface area contributed by atoms with E-state index in [-0.39, 0.29) is 5.82 Å². The normalized spacial score (nSPS) is 10.1. The van der Waals surface area contributed by atoms with Crippen LogP contribution in [0.5, 0.6) is 0 Å². The fraction of sp³-hybridized carbons (Fsp3) is 0. The average molecular weight is 206 g/mol. The lowest BCUT2D eigenvalue weighted by Gasteiger charge is -2.00. The van der Waals surface area contributed by atoms with Gasteiger partial charge in [-0.2, -0.15) is 0 Å². The van der Waals surface area contributed by atoms with Gasteiger partial charge in [-0.25, -0.2) is 4.39 Å². The van der Waals surface area contributed by atoms with Gasteiger partial charge < -0.3 is 4.98 Å². The smallest absolute Gasteiger partial charge is 0.142 e. The minimum Gasteiger partial charge on any atom is -0.361 e. The molecule has 0 aliphatic rings. The summed E-state index contributed by atoms with van der Waals surface area (Å²) in [5.41, 5.74) is 1.46. The number of pyridine rings is 2. The zero-order chi connectivity index (χ0) is 9.97. The molecule has 0 aliphatic carbocycles. The summed E-state index contributed by atoms with van der Waals surface area (Å²) in [5, 5.41) is 0. The number of nitrogens with one attached hydrogen (secondary N) is 1. The zero-order valence-electron chi connectivity index (χ0n) is 7.20. The van der Waals surface area contributed by atoms with Crippen molar-refractivity contribution in [1.29, 1.82) is 0 Å². The quantitative estimate of drug-likeness (QED) is 0.727. The van der Waals surface area contributed by atoms with E-state index in [1.165, 1.54) is 12.3 Å². The van der Waals surface area contributed by atoms with Gasteiger partial charge in [-0.15, -0.1) is 0 Å². The Balaban J connectivity index is 2.55. The third kappa shape index (κ3) is 1.85. The average Bonchev–Trinajstić information content (AvgIpc) is 2.18. The molecule has 14 heavy (non-hydrogen) atoms. The van der Waals surface area contributed by atoms with Crippen LogP contribution in [0.4, 0.5) is 4.39 Å². The van der Waals surface area contributed by atoms with E-state index in [1.54, 1.807) is 24.5 Å². The third-order valence-electron chi connectivity index (χ3n) is 1.79. The molecule has 2 heterocycles. The minimum absolute atomic E-state index is 0.356. The first kappa shape index (κ1) is 9.02. The lowest BCUT2D eigenvalue weighted by molar-refractivity contribution is 0.622. The minimum atomic E-state index is -0.356. The first-order valence-corrected chi connectivity index (χ1v) is 4.46. The Morgan fingerprint density at radius 1 is 1.29 bits per heavy atom. The Labute approximate surface area is 85.5 Å². The van der Waals surface area contributed by atoms with Crippen LogP contribution in [0.3, 0.4) is 0 Å². The SMILES string of the molecule is Fc1cncc(-c2cc(=S)cc[nH]2)c1. The van der Waals surface area contributed by atoms with Crippen LogP contribution in [0.15, 0.2) is 36.8 Å². The highest BCUT2D eigenvalue weighted by Gasteiger charge is 1.99. The summed E-state index contributed by atoms with van der Waals surface area (Å²) in [6.07, 6.45) is 4.48. The van der Waals surface area contributed by atoms with Gasteiger partial charge in [-0.1, -0.05) is 12.2 Å². The second-order valence-electron chi connectivity index (χ2n) is 2.83. The topological polar surface area (TPSA) is 28.7 Å². The van der Waals surface area contributed by atoms with E-state index < -0.39 is 0 Å². The van der Waals surface area contributed by atoms with Crippen LogP contribution in [-0.4, -0.2) is 9.97 Å². The highest BCUT2D eigenvalue weighted by molar-refractivity contribution is 7.71. The van der Waals surface area contributed by atoms with Crippen molar-refractivity contribution < 1.29 is 4.39 Å². The fourth-order valence-corrected chi connectivity index (χ4v) is 1.36. The number of rotatable bonds is 1. The molecule has 0 unspecified atom stereocenters. The van der Waals surface area contributed by atoms with Gasteiger partial charge in [0, 0.05) is 28.2 Å². The van der Waals surface area contributed by atoms with Crippen LogP contribution in [0.25, 0.3) is 11.3 Å². The summed E-state index contributed by atoms with van der Waals surface area (Å²) in [5.74, 6) is -0.356. The molecule has 2 aromatic heterocycles. The van der Waals surface area contributed by atoms with E-state index in [0.29, 0.717) is 10.1 Å². The molecule has 70 valence electrons. The van der Waals surface area contributed by atoms with Crippen molar-refractivity contribution in [2.45, 2.75) is 0 Å². The molecule has 0 bridgehead atoms. The van der Waals surface area contributed by atoms with Crippen molar-refractivity contribution in [3.63, 3.8) is 0 Å². The maximum atomic E-state index is 12.9. The van der Waals surface area contributed by atoms with E-state index >= 15 is 0 Å². The van der Waals surface area contributed by atoms with E-state index in [2.05, 4.69) is 9.97 Å². The number of hydrogen-bond donors (Lipinski definition) is 1. The number of aromatic nitrogens is 2. The molecule has 0 atom stereocenters. The Bertz CT molecular complexity index is 507. The number of hydrogen-bond acceptors (Lipinski definition) is 2. The molecule has 2 rings (SSSR count). The van der Waals surface area contributed by atoms with Crippen LogP contribution in [-0.2, 0) is 0 Å². The van der Waals surface area contributed by atoms with Crippen molar-refractivity contribution in [3.8, 4) is 11.3 Å². The molecule has 0 spiro atoms. The lowest BCUT2D eigenvalue weighted by Crippen LogP contribution is -1.85. The second-order valence-corrected chi connectivity index (χ2v) is 3.30. The van der Waals surface area contributed by atoms with Gasteiger partial charge in [0.05, 0.1) is 6.20 Å². The fourth-order valence-electron chi connectivity index (χ4n) is 1.17. The Morgan fingerprint density at radius 2 is 2.14 bits per heavy atom. The third-order valence-corrected chi connectivity index (χ3v) is 2.04. The van der Waals surface area contributed by atoms with Crippen LogP contribution >= 0.6 is 12.2 Å².